The molecule has 1 rings (SSSR count). The number of aromatic hydroxyl groups is 1. The molecule has 0 heterocycles. The fraction of sp³-hybridized carbons (Fsp3) is 0.450. The van der Waals surface area contributed by atoms with E-state index in [1.54, 1.807) is 12.1 Å². The summed E-state index contributed by atoms with van der Waals surface area (Å²) in [7, 11) is 0. The summed E-state index contributed by atoms with van der Waals surface area (Å²) in [5.74, 6) is -4.87. The lowest BCUT2D eigenvalue weighted by Crippen LogP contribution is -2.57. The van der Waals surface area contributed by atoms with Gasteiger partial charge in [0.2, 0.25) is 17.7 Å². The predicted molar refractivity (Wildman–Crippen MR) is 120 cm³/mol. The lowest BCUT2D eigenvalue weighted by Gasteiger charge is -2.22. The van der Waals surface area contributed by atoms with E-state index in [2.05, 4.69) is 28.6 Å². The Morgan fingerprint density at radius 1 is 0.939 bits per heavy atom. The number of thiol groups is 1. The number of carboxylic acids is 2. The summed E-state index contributed by atoms with van der Waals surface area (Å²) in [6, 6.07) is 1.39. The first-order chi connectivity index (χ1) is 15.4. The van der Waals surface area contributed by atoms with Gasteiger partial charge >= 0.3 is 11.9 Å². The molecule has 33 heavy (non-hydrogen) atoms. The van der Waals surface area contributed by atoms with Gasteiger partial charge in [-0.1, -0.05) is 12.1 Å². The number of carbonyl (C=O) groups excluding carboxylic acids is 3. The second-order valence-electron chi connectivity index (χ2n) is 7.28. The van der Waals surface area contributed by atoms with Gasteiger partial charge in [0.15, 0.2) is 0 Å². The van der Waals surface area contributed by atoms with Crippen molar-refractivity contribution in [2.45, 2.75) is 50.4 Å². The number of phenolic OH excluding ortho intramolecular Hbond substituents is 1. The van der Waals surface area contributed by atoms with Crippen LogP contribution < -0.4 is 21.7 Å². The number of nitrogens with one attached hydrogen (secondary N) is 3. The molecule has 8 N–H and O–H groups in total. The fourth-order valence-corrected chi connectivity index (χ4v) is 2.91. The molecule has 0 aromatic heterocycles. The maximum Gasteiger partial charge on any atom is 0.326 e. The van der Waals surface area contributed by atoms with Crippen molar-refractivity contribution in [3.05, 3.63) is 29.8 Å². The van der Waals surface area contributed by atoms with Gasteiger partial charge in [-0.05, 0) is 37.5 Å². The number of hydrogen-bond donors (Lipinski definition) is 8. The molecule has 4 unspecified atom stereocenters. The number of phenols is 1. The van der Waals surface area contributed by atoms with Gasteiger partial charge in [0, 0.05) is 12.2 Å². The van der Waals surface area contributed by atoms with Crippen LogP contribution in [0.2, 0.25) is 0 Å². The van der Waals surface area contributed by atoms with E-state index < -0.39 is 60.2 Å². The number of rotatable bonds is 13. The van der Waals surface area contributed by atoms with Crippen molar-refractivity contribution in [1.82, 2.24) is 16.0 Å². The maximum absolute atomic E-state index is 12.5. The Hall–Kier alpha value is -3.32. The number of hydrogen-bond acceptors (Lipinski definition) is 8. The highest BCUT2D eigenvalue weighted by Gasteiger charge is 2.28. The van der Waals surface area contributed by atoms with Crippen LogP contribution in [0.3, 0.4) is 0 Å². The zero-order valence-electron chi connectivity index (χ0n) is 17.9. The Morgan fingerprint density at radius 3 is 2.03 bits per heavy atom. The molecule has 0 fully saturated rings. The van der Waals surface area contributed by atoms with Crippen LogP contribution in [-0.4, -0.2) is 74.9 Å². The molecule has 1 aromatic rings. The average Bonchev–Trinajstić information content (AvgIpc) is 2.75. The third-order valence-corrected chi connectivity index (χ3v) is 4.92. The molecule has 0 saturated heterocycles. The molecule has 182 valence electrons. The van der Waals surface area contributed by atoms with Crippen molar-refractivity contribution in [3.8, 4) is 5.75 Å². The molecule has 0 aliphatic heterocycles. The van der Waals surface area contributed by atoms with Gasteiger partial charge in [-0.15, -0.1) is 0 Å². The minimum atomic E-state index is -1.44. The Kier molecular flexibility index (Phi) is 11.2. The Labute approximate surface area is 195 Å². The maximum atomic E-state index is 12.5. The van der Waals surface area contributed by atoms with Crippen LogP contribution in [0.25, 0.3) is 0 Å². The average molecular weight is 485 g/mol. The monoisotopic (exact) mass is 484 g/mol. The molecule has 0 radical (unpaired) electrons. The summed E-state index contributed by atoms with van der Waals surface area (Å²) in [5, 5.41) is 34.0. The number of carbonyl (C=O) groups is 5. The van der Waals surface area contributed by atoms with E-state index in [4.69, 9.17) is 15.9 Å². The molecule has 12 nitrogen and oxygen atoms in total. The van der Waals surface area contributed by atoms with Gasteiger partial charge in [0.25, 0.3) is 0 Å². The van der Waals surface area contributed by atoms with Gasteiger partial charge in [-0.3, -0.25) is 19.2 Å². The van der Waals surface area contributed by atoms with Crippen LogP contribution in [0.4, 0.5) is 0 Å². The van der Waals surface area contributed by atoms with E-state index in [1.807, 2.05) is 0 Å². The van der Waals surface area contributed by atoms with Crippen molar-refractivity contribution < 1.29 is 39.3 Å². The minimum absolute atomic E-state index is 0.0679. The molecule has 0 aliphatic rings. The number of carboxylic acid groups (broad SMARTS) is 2. The highest BCUT2D eigenvalue weighted by molar-refractivity contribution is 7.80. The first kappa shape index (κ1) is 27.7. The number of nitrogens with two attached hydrogens (primary N) is 1. The molecule has 3 amide bonds. The van der Waals surface area contributed by atoms with Crippen molar-refractivity contribution in [2.24, 2.45) is 5.73 Å². The van der Waals surface area contributed by atoms with Crippen LogP contribution >= 0.6 is 12.6 Å². The standard InChI is InChI=1S/C20H28N4O8S/c1-10(17(28)23-14(20(31)32)6-7-16(26)27)22-19(30)15(9-33)24-18(29)13(21)8-11-2-4-12(25)5-3-11/h2-5,10,13-15,25,33H,6-9,21H2,1H3,(H,22,30)(H,23,28)(H,24,29)(H,26,27)(H,31,32). The fourth-order valence-electron chi connectivity index (χ4n) is 2.65. The normalized spacial score (nSPS) is 14.3. The summed E-state index contributed by atoms with van der Waals surface area (Å²) in [6.07, 6.45) is -0.639. The zero-order valence-corrected chi connectivity index (χ0v) is 18.7. The van der Waals surface area contributed by atoms with E-state index in [0.717, 1.165) is 0 Å². The van der Waals surface area contributed by atoms with Crippen molar-refractivity contribution in [3.63, 3.8) is 0 Å². The molecule has 0 aliphatic carbocycles. The second kappa shape index (κ2) is 13.3. The van der Waals surface area contributed by atoms with Crippen LogP contribution in [0, 0.1) is 0 Å². The van der Waals surface area contributed by atoms with Gasteiger partial charge < -0.3 is 37.0 Å². The summed E-state index contributed by atoms with van der Waals surface area (Å²) < 4.78 is 0. The van der Waals surface area contributed by atoms with E-state index in [1.165, 1.54) is 19.1 Å². The Bertz CT molecular complexity index is 864. The quantitative estimate of drug-likeness (QED) is 0.155. The largest absolute Gasteiger partial charge is 0.508 e. The predicted octanol–water partition coefficient (Wildman–Crippen LogP) is -1.38. The molecule has 0 spiro atoms. The molecular weight excluding hydrogens is 456 g/mol. The third kappa shape index (κ3) is 9.78. The SMILES string of the molecule is CC(NC(=O)C(CS)NC(=O)C(N)Cc1ccc(O)cc1)C(=O)NC(CCC(=O)O)C(=O)O. The first-order valence-electron chi connectivity index (χ1n) is 9.94. The number of benzene rings is 1. The van der Waals surface area contributed by atoms with Gasteiger partial charge in [-0.2, -0.15) is 12.6 Å². The minimum Gasteiger partial charge on any atom is -0.508 e. The van der Waals surface area contributed by atoms with Crippen LogP contribution in [0.5, 0.6) is 5.75 Å². The molecule has 0 bridgehead atoms. The van der Waals surface area contributed by atoms with Crippen LogP contribution in [-0.2, 0) is 30.4 Å². The Morgan fingerprint density at radius 2 is 1.52 bits per heavy atom. The number of amides is 3. The van der Waals surface area contributed by atoms with Crippen molar-refractivity contribution >= 4 is 42.3 Å². The van der Waals surface area contributed by atoms with Gasteiger partial charge in [0.1, 0.15) is 23.9 Å². The topological polar surface area (TPSA) is 208 Å². The van der Waals surface area contributed by atoms with Gasteiger partial charge in [0.05, 0.1) is 6.04 Å². The van der Waals surface area contributed by atoms with E-state index >= 15 is 0 Å². The van der Waals surface area contributed by atoms with Crippen molar-refractivity contribution in [1.29, 1.82) is 0 Å². The smallest absolute Gasteiger partial charge is 0.326 e. The van der Waals surface area contributed by atoms with E-state index in [9.17, 15) is 29.1 Å². The van der Waals surface area contributed by atoms with E-state index in [0.29, 0.717) is 5.56 Å². The first-order valence-corrected chi connectivity index (χ1v) is 10.6. The lowest BCUT2D eigenvalue weighted by molar-refractivity contribution is -0.143. The molecule has 4 atom stereocenters. The highest BCUT2D eigenvalue weighted by Crippen LogP contribution is 2.11. The highest BCUT2D eigenvalue weighted by atomic mass is 32.1. The van der Waals surface area contributed by atoms with E-state index in [-0.39, 0.29) is 24.3 Å². The van der Waals surface area contributed by atoms with Crippen LogP contribution in [0.1, 0.15) is 25.3 Å². The molecule has 1 aromatic carbocycles. The van der Waals surface area contributed by atoms with Crippen molar-refractivity contribution in [2.75, 3.05) is 5.75 Å². The summed E-state index contributed by atoms with van der Waals surface area (Å²) in [4.78, 5) is 58.9. The van der Waals surface area contributed by atoms with Crippen LogP contribution in [0.15, 0.2) is 24.3 Å². The summed E-state index contributed by atoms with van der Waals surface area (Å²) >= 11 is 4.03. The molecule has 13 heteroatoms. The Balaban J connectivity index is 2.63. The third-order valence-electron chi connectivity index (χ3n) is 4.56. The molecular formula is C20H28N4O8S. The molecule has 0 saturated carbocycles. The summed E-state index contributed by atoms with van der Waals surface area (Å²) in [6.45, 7) is 1.30. The second-order valence-corrected chi connectivity index (χ2v) is 7.65. The number of aliphatic carboxylic acids is 2. The lowest BCUT2D eigenvalue weighted by atomic mass is 10.1. The summed E-state index contributed by atoms with van der Waals surface area (Å²) in [5.41, 5.74) is 6.58. The van der Waals surface area contributed by atoms with Gasteiger partial charge in [-0.25, -0.2) is 4.79 Å². The zero-order chi connectivity index (χ0) is 25.1.